The van der Waals surface area contributed by atoms with Gasteiger partial charge >= 0.3 is 5.97 Å². The van der Waals surface area contributed by atoms with Crippen LogP contribution in [0, 0.1) is 0 Å². The van der Waals surface area contributed by atoms with Crippen molar-refractivity contribution in [3.63, 3.8) is 0 Å². The number of rotatable bonds is 4. The summed E-state index contributed by atoms with van der Waals surface area (Å²) in [5.41, 5.74) is 1.19. The lowest BCUT2D eigenvalue weighted by Gasteiger charge is -2.12. The Balaban J connectivity index is 2.14. The van der Waals surface area contributed by atoms with E-state index in [2.05, 4.69) is 10.3 Å². The predicted octanol–water partition coefficient (Wildman–Crippen LogP) is 2.10. The van der Waals surface area contributed by atoms with Gasteiger partial charge in [0, 0.05) is 31.5 Å². The van der Waals surface area contributed by atoms with E-state index in [0.717, 1.165) is 0 Å². The molecule has 21 heavy (non-hydrogen) atoms. The second-order valence-corrected chi connectivity index (χ2v) is 4.63. The fourth-order valence-electron chi connectivity index (χ4n) is 1.70. The molecule has 0 atom stereocenters. The number of benzene rings is 1. The van der Waals surface area contributed by atoms with Gasteiger partial charge in [-0.3, -0.25) is 4.79 Å². The number of anilines is 2. The van der Waals surface area contributed by atoms with E-state index < -0.39 is 5.97 Å². The third kappa shape index (κ3) is 3.56. The zero-order valence-electron chi connectivity index (χ0n) is 11.7. The standard InChI is InChI=1S/C15H15N3O3/c1-18(2)13-9-11(7-8-16-13)14(19)17-12-5-3-10(4-6-12)15(20)21/h3-9H,1-2H3,(H,17,19)(H,20,21). The minimum absolute atomic E-state index is 0.173. The maximum absolute atomic E-state index is 12.1. The van der Waals surface area contributed by atoms with Crippen molar-refractivity contribution in [1.82, 2.24) is 4.98 Å². The van der Waals surface area contributed by atoms with Gasteiger partial charge in [-0.2, -0.15) is 0 Å². The molecule has 0 aliphatic carbocycles. The van der Waals surface area contributed by atoms with Crippen molar-refractivity contribution in [2.75, 3.05) is 24.3 Å². The normalized spacial score (nSPS) is 10.0. The molecule has 0 bridgehead atoms. The van der Waals surface area contributed by atoms with E-state index in [9.17, 15) is 9.59 Å². The number of carboxylic acids is 1. The van der Waals surface area contributed by atoms with E-state index in [1.165, 1.54) is 12.1 Å². The Morgan fingerprint density at radius 3 is 2.33 bits per heavy atom. The van der Waals surface area contributed by atoms with Crippen molar-refractivity contribution in [2.45, 2.75) is 0 Å². The third-order valence-corrected chi connectivity index (χ3v) is 2.86. The molecule has 0 spiro atoms. The van der Waals surface area contributed by atoms with Crippen molar-refractivity contribution in [3.8, 4) is 0 Å². The first-order chi connectivity index (χ1) is 9.97. The maximum atomic E-state index is 12.1. The number of amides is 1. The number of nitrogens with one attached hydrogen (secondary N) is 1. The fraction of sp³-hybridized carbons (Fsp3) is 0.133. The van der Waals surface area contributed by atoms with Crippen molar-refractivity contribution < 1.29 is 14.7 Å². The summed E-state index contributed by atoms with van der Waals surface area (Å²) in [5.74, 6) is -0.593. The molecular formula is C15H15N3O3. The Labute approximate surface area is 122 Å². The fourth-order valence-corrected chi connectivity index (χ4v) is 1.70. The van der Waals surface area contributed by atoms with Gasteiger partial charge in [-0.05, 0) is 36.4 Å². The number of hydrogen-bond donors (Lipinski definition) is 2. The van der Waals surface area contributed by atoms with Gasteiger partial charge in [0.05, 0.1) is 5.56 Å². The average molecular weight is 285 g/mol. The summed E-state index contributed by atoms with van der Waals surface area (Å²) in [6.07, 6.45) is 1.57. The van der Waals surface area contributed by atoms with Crippen LogP contribution in [0.3, 0.4) is 0 Å². The number of carbonyl (C=O) groups is 2. The van der Waals surface area contributed by atoms with Gasteiger partial charge in [-0.15, -0.1) is 0 Å². The number of nitrogens with zero attached hydrogens (tertiary/aromatic N) is 2. The molecule has 108 valence electrons. The van der Waals surface area contributed by atoms with Gasteiger partial charge in [-0.1, -0.05) is 0 Å². The average Bonchev–Trinajstić information content (AvgIpc) is 2.48. The van der Waals surface area contributed by atoms with Crippen molar-refractivity contribution in [2.24, 2.45) is 0 Å². The lowest BCUT2D eigenvalue weighted by Crippen LogP contribution is -2.15. The van der Waals surface area contributed by atoms with Crippen molar-refractivity contribution in [3.05, 3.63) is 53.7 Å². The van der Waals surface area contributed by atoms with E-state index in [4.69, 9.17) is 5.11 Å². The molecule has 0 aliphatic heterocycles. The molecule has 1 heterocycles. The lowest BCUT2D eigenvalue weighted by atomic mass is 10.2. The van der Waals surface area contributed by atoms with Crippen LogP contribution in [0.25, 0.3) is 0 Å². The zero-order chi connectivity index (χ0) is 15.4. The molecular weight excluding hydrogens is 270 g/mol. The Bertz CT molecular complexity index is 666. The summed E-state index contributed by atoms with van der Waals surface area (Å²) < 4.78 is 0. The molecule has 0 saturated heterocycles. The summed E-state index contributed by atoms with van der Waals surface area (Å²) >= 11 is 0. The van der Waals surface area contributed by atoms with Crippen LogP contribution < -0.4 is 10.2 Å². The lowest BCUT2D eigenvalue weighted by molar-refractivity contribution is 0.0696. The molecule has 0 unspecified atom stereocenters. The minimum Gasteiger partial charge on any atom is -0.478 e. The molecule has 0 aliphatic rings. The first-order valence-electron chi connectivity index (χ1n) is 6.25. The van der Waals surface area contributed by atoms with Gasteiger partial charge in [-0.25, -0.2) is 9.78 Å². The van der Waals surface area contributed by atoms with E-state index in [1.54, 1.807) is 35.4 Å². The maximum Gasteiger partial charge on any atom is 0.335 e. The van der Waals surface area contributed by atoms with Crippen LogP contribution in [0.2, 0.25) is 0 Å². The van der Waals surface area contributed by atoms with Gasteiger partial charge in [0.2, 0.25) is 0 Å². The van der Waals surface area contributed by atoms with Crippen LogP contribution in [0.4, 0.5) is 11.5 Å². The molecule has 1 amide bonds. The summed E-state index contributed by atoms with van der Waals surface area (Å²) in [6.45, 7) is 0. The summed E-state index contributed by atoms with van der Waals surface area (Å²) in [5, 5.41) is 11.5. The number of carbonyl (C=O) groups excluding carboxylic acids is 1. The highest BCUT2D eigenvalue weighted by molar-refractivity contribution is 6.04. The molecule has 6 nitrogen and oxygen atoms in total. The minimum atomic E-state index is -1.00. The quantitative estimate of drug-likeness (QED) is 0.899. The van der Waals surface area contributed by atoms with Gasteiger partial charge in [0.25, 0.3) is 5.91 Å². The monoisotopic (exact) mass is 285 g/mol. The highest BCUT2D eigenvalue weighted by Crippen LogP contribution is 2.14. The topological polar surface area (TPSA) is 82.5 Å². The number of carboxylic acid groups (broad SMARTS) is 1. The summed E-state index contributed by atoms with van der Waals surface area (Å²) in [7, 11) is 3.68. The molecule has 1 aromatic heterocycles. The van der Waals surface area contributed by atoms with E-state index in [1.807, 2.05) is 14.1 Å². The molecule has 2 N–H and O–H groups in total. The van der Waals surface area contributed by atoms with E-state index in [-0.39, 0.29) is 11.5 Å². The second kappa shape index (κ2) is 6.04. The van der Waals surface area contributed by atoms with E-state index >= 15 is 0 Å². The van der Waals surface area contributed by atoms with Gasteiger partial charge < -0.3 is 15.3 Å². The van der Waals surface area contributed by atoms with Crippen LogP contribution in [0.1, 0.15) is 20.7 Å². The van der Waals surface area contributed by atoms with Crippen LogP contribution in [0.15, 0.2) is 42.6 Å². The number of aromatic nitrogens is 1. The van der Waals surface area contributed by atoms with E-state index in [0.29, 0.717) is 17.1 Å². The second-order valence-electron chi connectivity index (χ2n) is 4.63. The highest BCUT2D eigenvalue weighted by atomic mass is 16.4. The first kappa shape index (κ1) is 14.5. The molecule has 6 heteroatoms. The number of aromatic carboxylic acids is 1. The summed E-state index contributed by atoms with van der Waals surface area (Å²) in [4.78, 5) is 28.8. The molecule has 0 fully saturated rings. The van der Waals surface area contributed by atoms with Gasteiger partial charge in [0.15, 0.2) is 0 Å². The number of hydrogen-bond acceptors (Lipinski definition) is 4. The Morgan fingerprint density at radius 1 is 1.10 bits per heavy atom. The van der Waals surface area contributed by atoms with Gasteiger partial charge in [0.1, 0.15) is 5.82 Å². The Hall–Kier alpha value is -2.89. The molecule has 0 radical (unpaired) electrons. The third-order valence-electron chi connectivity index (χ3n) is 2.86. The van der Waals surface area contributed by atoms with Crippen LogP contribution in [-0.2, 0) is 0 Å². The Morgan fingerprint density at radius 2 is 1.76 bits per heavy atom. The van der Waals surface area contributed by atoms with Crippen molar-refractivity contribution >= 4 is 23.4 Å². The largest absolute Gasteiger partial charge is 0.478 e. The smallest absolute Gasteiger partial charge is 0.335 e. The highest BCUT2D eigenvalue weighted by Gasteiger charge is 2.09. The van der Waals surface area contributed by atoms with Crippen LogP contribution in [-0.4, -0.2) is 36.1 Å². The molecule has 1 aromatic carbocycles. The summed E-state index contributed by atoms with van der Waals surface area (Å²) in [6, 6.07) is 9.28. The van der Waals surface area contributed by atoms with Crippen LogP contribution >= 0.6 is 0 Å². The van der Waals surface area contributed by atoms with Crippen LogP contribution in [0.5, 0.6) is 0 Å². The first-order valence-corrected chi connectivity index (χ1v) is 6.25. The molecule has 2 aromatic rings. The Kier molecular flexibility index (Phi) is 4.18. The molecule has 2 rings (SSSR count). The zero-order valence-corrected chi connectivity index (χ0v) is 11.7. The SMILES string of the molecule is CN(C)c1cc(C(=O)Nc2ccc(C(=O)O)cc2)ccn1. The predicted molar refractivity (Wildman–Crippen MR) is 79.9 cm³/mol. The van der Waals surface area contributed by atoms with Crippen molar-refractivity contribution in [1.29, 1.82) is 0 Å². The molecule has 0 saturated carbocycles. The number of pyridine rings is 1.